The van der Waals surface area contributed by atoms with E-state index in [-0.39, 0.29) is 23.8 Å². The van der Waals surface area contributed by atoms with E-state index in [1.165, 1.54) is 0 Å². The van der Waals surface area contributed by atoms with Crippen LogP contribution in [0.2, 0.25) is 0 Å². The fourth-order valence-electron chi connectivity index (χ4n) is 7.91. The second kappa shape index (κ2) is 10.2. The molecule has 11 heteroatoms. The summed E-state index contributed by atoms with van der Waals surface area (Å²) in [4.78, 5) is 18.3. The lowest BCUT2D eigenvalue weighted by Gasteiger charge is -2.38. The Hall–Kier alpha value is -3.70. The number of anilines is 1. The average molecular weight is 602 g/mol. The van der Waals surface area contributed by atoms with E-state index in [1.807, 2.05) is 17.0 Å². The van der Waals surface area contributed by atoms with Gasteiger partial charge in [-0.15, -0.1) is 0 Å². The largest absolute Gasteiger partial charge is 0.461 e. The van der Waals surface area contributed by atoms with E-state index in [0.29, 0.717) is 55.2 Å². The predicted octanol–water partition coefficient (Wildman–Crippen LogP) is 5.53. The lowest BCUT2D eigenvalue weighted by Crippen LogP contribution is -2.46. The summed E-state index contributed by atoms with van der Waals surface area (Å²) in [7, 11) is 0. The topological polar surface area (TPSA) is 103 Å². The van der Waals surface area contributed by atoms with Crippen molar-refractivity contribution in [1.82, 2.24) is 30.0 Å². The fraction of sp³-hybridized carbons (Fsp3) is 0.515. The number of fused-ring (bicyclic) bond motifs is 3. The maximum Gasteiger partial charge on any atom is 0.319 e. The highest BCUT2D eigenvalue weighted by atomic mass is 19.1. The van der Waals surface area contributed by atoms with Gasteiger partial charge in [0.2, 0.25) is 0 Å². The molecule has 230 valence electrons. The summed E-state index contributed by atoms with van der Waals surface area (Å²) in [6, 6.07) is 2.06. The van der Waals surface area contributed by atoms with E-state index in [1.54, 1.807) is 19.3 Å². The van der Waals surface area contributed by atoms with Gasteiger partial charge in [-0.2, -0.15) is 15.1 Å². The van der Waals surface area contributed by atoms with E-state index >= 15 is 4.39 Å². The van der Waals surface area contributed by atoms with Crippen molar-refractivity contribution in [3.63, 3.8) is 0 Å². The van der Waals surface area contributed by atoms with Gasteiger partial charge in [0.25, 0.3) is 0 Å². The number of pyridine rings is 1. The van der Waals surface area contributed by atoms with Crippen LogP contribution in [0.4, 0.5) is 14.6 Å². The van der Waals surface area contributed by atoms with Crippen molar-refractivity contribution in [3.8, 4) is 17.3 Å². The van der Waals surface area contributed by atoms with E-state index in [0.717, 1.165) is 60.7 Å². The van der Waals surface area contributed by atoms with Gasteiger partial charge in [-0.25, -0.2) is 8.78 Å². The molecule has 6 heterocycles. The number of benzene rings is 1. The second-order valence-corrected chi connectivity index (χ2v) is 13.5. The molecule has 8 rings (SSSR count). The molecule has 3 aliphatic heterocycles. The number of nitrogens with zero attached hydrogens (tertiary/aromatic N) is 6. The lowest BCUT2D eigenvalue weighted by molar-refractivity contribution is 0.0447. The molecule has 3 aromatic heterocycles. The lowest BCUT2D eigenvalue weighted by atomic mass is 9.91. The van der Waals surface area contributed by atoms with Crippen LogP contribution >= 0.6 is 0 Å². The maximum absolute atomic E-state index is 17.0. The third kappa shape index (κ3) is 4.54. The second-order valence-electron chi connectivity index (χ2n) is 13.5. The summed E-state index contributed by atoms with van der Waals surface area (Å²) < 4.78 is 37.7. The zero-order valence-corrected chi connectivity index (χ0v) is 25.0. The van der Waals surface area contributed by atoms with E-state index in [9.17, 15) is 9.50 Å². The van der Waals surface area contributed by atoms with E-state index in [4.69, 9.17) is 14.7 Å². The van der Waals surface area contributed by atoms with Crippen LogP contribution in [0.1, 0.15) is 68.9 Å². The van der Waals surface area contributed by atoms with Crippen molar-refractivity contribution >= 4 is 33.7 Å². The summed E-state index contributed by atoms with van der Waals surface area (Å²) in [6.07, 6.45) is 9.98. The minimum Gasteiger partial charge on any atom is -0.461 e. The van der Waals surface area contributed by atoms with Crippen LogP contribution in [-0.2, 0) is 0 Å². The molecule has 0 amide bonds. The number of nitrogens with one attached hydrogen (secondary N) is 1. The molecule has 4 aromatic rings. The highest BCUT2D eigenvalue weighted by molar-refractivity contribution is 6.01. The van der Waals surface area contributed by atoms with Crippen molar-refractivity contribution < 1.29 is 18.6 Å². The summed E-state index contributed by atoms with van der Waals surface area (Å²) in [5, 5.41) is 19.5. The Balaban J connectivity index is 1.28. The van der Waals surface area contributed by atoms with E-state index in [2.05, 4.69) is 26.7 Å². The number of hydrogen-bond donors (Lipinski definition) is 2. The standard InChI is InChI=1S/C33H37F2N7O2/c1-3-19-12-24-22(15-37-40-24)26(25(19)20-6-7-20)29-27(35)28-23(14-36-29)30(41-10-4-8-32(2,43)17-41)39-31(38-28)44-18-33-9-5-11-42(33)16-21(34)13-33/h3,12,14-15,20-21,43H,1,4-11,13,16-18H2,2H3,(H,37,40)/t21-,32-,33+/m1/s1. The highest BCUT2D eigenvalue weighted by Crippen LogP contribution is 2.49. The summed E-state index contributed by atoms with van der Waals surface area (Å²) in [6.45, 7) is 8.31. The number of H-pyrrole nitrogens is 1. The molecule has 0 unspecified atom stereocenters. The SMILES string of the molecule is C=Cc1cc2[nH]ncc2c(-c2ncc3c(N4CCC[C@@](C)(O)C4)nc(OC[C@@]45CCCN4C[C@H](F)C5)nc3c2F)c1C1CC1. The molecular weight excluding hydrogens is 564 g/mol. The summed E-state index contributed by atoms with van der Waals surface area (Å²) >= 11 is 0. The Bertz CT molecular complexity index is 1790. The third-order valence-corrected chi connectivity index (χ3v) is 10.1. The van der Waals surface area contributed by atoms with Gasteiger partial charge in [0.1, 0.15) is 29.8 Å². The molecule has 3 saturated heterocycles. The first-order valence-electron chi connectivity index (χ1n) is 15.7. The molecule has 0 spiro atoms. The molecule has 4 fully saturated rings. The minimum atomic E-state index is -0.914. The van der Waals surface area contributed by atoms with Gasteiger partial charge in [-0.05, 0) is 75.1 Å². The average Bonchev–Trinajstić information content (AvgIpc) is 3.47. The predicted molar refractivity (Wildman–Crippen MR) is 165 cm³/mol. The number of piperidine rings is 1. The number of aromatic amines is 1. The van der Waals surface area contributed by atoms with Crippen LogP contribution in [0.25, 0.3) is 39.1 Å². The van der Waals surface area contributed by atoms with Crippen molar-refractivity contribution in [2.45, 2.75) is 75.1 Å². The Morgan fingerprint density at radius 1 is 1.18 bits per heavy atom. The Kier molecular flexibility index (Phi) is 6.43. The first-order chi connectivity index (χ1) is 21.2. The van der Waals surface area contributed by atoms with Gasteiger partial charge in [0.15, 0.2) is 5.82 Å². The Morgan fingerprint density at radius 3 is 2.82 bits per heavy atom. The normalized spacial score (nSPS) is 27.4. The summed E-state index contributed by atoms with van der Waals surface area (Å²) in [5.41, 5.74) is 2.45. The van der Waals surface area contributed by atoms with Gasteiger partial charge >= 0.3 is 6.01 Å². The zero-order valence-electron chi connectivity index (χ0n) is 25.0. The van der Waals surface area contributed by atoms with Crippen LogP contribution in [0.15, 0.2) is 25.0 Å². The molecule has 9 nitrogen and oxygen atoms in total. The third-order valence-electron chi connectivity index (χ3n) is 10.1. The number of rotatable bonds is 7. The number of halogens is 2. The highest BCUT2D eigenvalue weighted by Gasteiger charge is 2.49. The van der Waals surface area contributed by atoms with Crippen LogP contribution in [-0.4, -0.2) is 85.3 Å². The molecule has 0 bridgehead atoms. The first kappa shape index (κ1) is 27.8. The molecule has 0 radical (unpaired) electrons. The van der Waals surface area contributed by atoms with Gasteiger partial charge < -0.3 is 14.7 Å². The van der Waals surface area contributed by atoms with Crippen molar-refractivity contribution in [3.05, 3.63) is 42.0 Å². The summed E-state index contributed by atoms with van der Waals surface area (Å²) in [5.74, 6) is 0.217. The number of aliphatic hydroxyl groups is 1. The molecular formula is C33H37F2N7O2. The van der Waals surface area contributed by atoms with Gasteiger partial charge in [-0.1, -0.05) is 12.7 Å². The van der Waals surface area contributed by atoms with Gasteiger partial charge in [0, 0.05) is 43.2 Å². The van der Waals surface area contributed by atoms with Crippen LogP contribution in [0, 0.1) is 5.82 Å². The zero-order chi connectivity index (χ0) is 30.2. The minimum absolute atomic E-state index is 0.0491. The van der Waals surface area contributed by atoms with Crippen LogP contribution < -0.4 is 9.64 Å². The fourth-order valence-corrected chi connectivity index (χ4v) is 7.91. The molecule has 1 aliphatic carbocycles. The number of β-amino-alcohol motifs (C(OH)–C–C–N with tert-alkyl or cyclic N) is 1. The molecule has 44 heavy (non-hydrogen) atoms. The van der Waals surface area contributed by atoms with Crippen molar-refractivity contribution in [2.75, 3.05) is 37.7 Å². The molecule has 1 saturated carbocycles. The molecule has 1 aromatic carbocycles. The van der Waals surface area contributed by atoms with Crippen LogP contribution in [0.5, 0.6) is 6.01 Å². The quantitative estimate of drug-likeness (QED) is 0.285. The van der Waals surface area contributed by atoms with Crippen molar-refractivity contribution in [1.29, 1.82) is 0 Å². The number of hydrogen-bond acceptors (Lipinski definition) is 8. The molecule has 4 aliphatic rings. The monoisotopic (exact) mass is 601 g/mol. The first-order valence-corrected chi connectivity index (χ1v) is 15.7. The number of ether oxygens (including phenoxy) is 1. The number of aromatic nitrogens is 5. The van der Waals surface area contributed by atoms with Crippen LogP contribution in [0.3, 0.4) is 0 Å². The van der Waals surface area contributed by atoms with Crippen molar-refractivity contribution in [2.24, 2.45) is 0 Å². The Morgan fingerprint density at radius 2 is 2.02 bits per heavy atom. The smallest absolute Gasteiger partial charge is 0.319 e. The van der Waals surface area contributed by atoms with Gasteiger partial charge in [0.05, 0.1) is 28.2 Å². The Labute approximate surface area is 254 Å². The molecule has 3 atom stereocenters. The van der Waals surface area contributed by atoms with E-state index < -0.39 is 23.1 Å². The molecule has 2 N–H and O–H groups in total. The maximum atomic E-state index is 17.0. The van der Waals surface area contributed by atoms with Gasteiger partial charge in [-0.3, -0.25) is 15.0 Å². The number of alkyl halides is 1.